The number of aromatic amines is 1. The van der Waals surface area contributed by atoms with E-state index in [1.165, 1.54) is 10.9 Å². The molecule has 1 saturated heterocycles. The molecule has 4 nitrogen and oxygen atoms in total. The molecule has 0 unspecified atom stereocenters. The summed E-state index contributed by atoms with van der Waals surface area (Å²) < 4.78 is 6.00. The van der Waals surface area contributed by atoms with Crippen molar-refractivity contribution in [3.63, 3.8) is 0 Å². The first-order chi connectivity index (χ1) is 8.79. The van der Waals surface area contributed by atoms with Crippen molar-refractivity contribution in [2.45, 2.75) is 26.0 Å². The molecule has 0 aliphatic carbocycles. The summed E-state index contributed by atoms with van der Waals surface area (Å²) in [4.78, 5) is 2.47. The lowest BCUT2D eigenvalue weighted by molar-refractivity contribution is -0.0573. The van der Waals surface area contributed by atoms with Gasteiger partial charge in [-0.3, -0.25) is 10.00 Å². The average molecular weight is 245 g/mol. The number of rotatable bonds is 2. The smallest absolute Gasteiger partial charge is 0.0959 e. The summed E-state index contributed by atoms with van der Waals surface area (Å²) in [6.45, 7) is 7.26. The van der Waals surface area contributed by atoms with Crippen LogP contribution in [0.25, 0.3) is 10.9 Å². The molecule has 0 bridgehead atoms. The maximum absolute atomic E-state index is 6.00. The first-order valence-electron chi connectivity index (χ1n) is 6.57. The molecule has 3 rings (SSSR count). The van der Waals surface area contributed by atoms with E-state index in [2.05, 4.69) is 47.1 Å². The van der Waals surface area contributed by atoms with Crippen molar-refractivity contribution in [2.24, 2.45) is 0 Å². The number of benzene rings is 1. The number of nitrogens with one attached hydrogen (secondary N) is 1. The second kappa shape index (κ2) is 4.71. The van der Waals surface area contributed by atoms with Crippen LogP contribution in [0.5, 0.6) is 0 Å². The van der Waals surface area contributed by atoms with Gasteiger partial charge in [-0.2, -0.15) is 5.10 Å². The molecule has 1 fully saturated rings. The van der Waals surface area contributed by atoms with Crippen molar-refractivity contribution in [3.05, 3.63) is 30.0 Å². The lowest BCUT2D eigenvalue weighted by Crippen LogP contribution is -2.44. The highest BCUT2D eigenvalue weighted by molar-refractivity contribution is 5.81. The molecule has 4 heteroatoms. The molecular formula is C14H19N3O. The van der Waals surface area contributed by atoms with Gasteiger partial charge in [0, 0.05) is 18.0 Å². The standard InChI is InChI=1S/C14H19N3O/c1-3-17-8-14(18-9-10(17)2)11-5-4-6-13-12(11)7-15-16-13/h4-7,10,14H,3,8-9H2,1-2H3,(H,15,16)/t10-,14-/m0/s1. The van der Waals surface area contributed by atoms with Crippen LogP contribution in [0.2, 0.25) is 0 Å². The maximum atomic E-state index is 6.00. The zero-order valence-electron chi connectivity index (χ0n) is 10.9. The minimum atomic E-state index is 0.155. The predicted molar refractivity (Wildman–Crippen MR) is 71.5 cm³/mol. The van der Waals surface area contributed by atoms with E-state index >= 15 is 0 Å². The third kappa shape index (κ3) is 1.91. The molecule has 0 radical (unpaired) electrons. The van der Waals surface area contributed by atoms with E-state index in [-0.39, 0.29) is 6.10 Å². The van der Waals surface area contributed by atoms with Crippen LogP contribution in [-0.2, 0) is 4.74 Å². The number of nitrogens with zero attached hydrogens (tertiary/aromatic N) is 2. The van der Waals surface area contributed by atoms with Gasteiger partial charge in [0.1, 0.15) is 0 Å². The van der Waals surface area contributed by atoms with Gasteiger partial charge in [0.25, 0.3) is 0 Å². The van der Waals surface area contributed by atoms with Crippen molar-refractivity contribution in [3.8, 4) is 0 Å². The monoisotopic (exact) mass is 245 g/mol. The van der Waals surface area contributed by atoms with Crippen LogP contribution in [0.1, 0.15) is 25.5 Å². The minimum Gasteiger partial charge on any atom is -0.371 e. The molecular weight excluding hydrogens is 226 g/mol. The number of likely N-dealkylation sites (N-methyl/N-ethyl adjacent to an activating group) is 1. The van der Waals surface area contributed by atoms with Crippen LogP contribution < -0.4 is 0 Å². The number of morpholine rings is 1. The van der Waals surface area contributed by atoms with Gasteiger partial charge in [0.15, 0.2) is 0 Å². The van der Waals surface area contributed by atoms with E-state index in [9.17, 15) is 0 Å². The third-order valence-electron chi connectivity index (χ3n) is 3.83. The number of hydrogen-bond donors (Lipinski definition) is 1. The van der Waals surface area contributed by atoms with E-state index in [0.29, 0.717) is 6.04 Å². The molecule has 2 aromatic rings. The van der Waals surface area contributed by atoms with Crippen molar-refractivity contribution in [1.82, 2.24) is 15.1 Å². The van der Waals surface area contributed by atoms with Crippen molar-refractivity contribution in [1.29, 1.82) is 0 Å². The molecule has 0 amide bonds. The fraction of sp³-hybridized carbons (Fsp3) is 0.500. The Morgan fingerprint density at radius 2 is 2.39 bits per heavy atom. The van der Waals surface area contributed by atoms with Gasteiger partial charge >= 0.3 is 0 Å². The molecule has 2 heterocycles. The molecule has 1 aromatic carbocycles. The summed E-state index contributed by atoms with van der Waals surface area (Å²) in [5.41, 5.74) is 2.32. The zero-order chi connectivity index (χ0) is 12.5. The number of ether oxygens (including phenoxy) is 1. The zero-order valence-corrected chi connectivity index (χ0v) is 10.9. The van der Waals surface area contributed by atoms with Crippen molar-refractivity contribution in [2.75, 3.05) is 19.7 Å². The van der Waals surface area contributed by atoms with Crippen LogP contribution in [0.15, 0.2) is 24.4 Å². The minimum absolute atomic E-state index is 0.155. The van der Waals surface area contributed by atoms with Gasteiger partial charge in [0.2, 0.25) is 0 Å². The van der Waals surface area contributed by atoms with E-state index in [1.54, 1.807) is 0 Å². The van der Waals surface area contributed by atoms with Gasteiger partial charge in [-0.05, 0) is 25.1 Å². The van der Waals surface area contributed by atoms with Crippen LogP contribution in [0.3, 0.4) is 0 Å². The quantitative estimate of drug-likeness (QED) is 0.883. The Morgan fingerprint density at radius 3 is 3.22 bits per heavy atom. The molecule has 0 spiro atoms. The lowest BCUT2D eigenvalue weighted by Gasteiger charge is -2.37. The topological polar surface area (TPSA) is 41.2 Å². The Labute approximate surface area is 107 Å². The fourth-order valence-electron chi connectivity index (χ4n) is 2.71. The highest BCUT2D eigenvalue weighted by Gasteiger charge is 2.27. The second-order valence-corrected chi connectivity index (χ2v) is 4.94. The largest absolute Gasteiger partial charge is 0.371 e. The number of hydrogen-bond acceptors (Lipinski definition) is 3. The second-order valence-electron chi connectivity index (χ2n) is 4.94. The van der Waals surface area contributed by atoms with Gasteiger partial charge in [0.05, 0.1) is 24.4 Å². The van der Waals surface area contributed by atoms with E-state index in [1.807, 2.05) is 6.20 Å². The first-order valence-corrected chi connectivity index (χ1v) is 6.57. The third-order valence-corrected chi connectivity index (χ3v) is 3.83. The van der Waals surface area contributed by atoms with E-state index < -0.39 is 0 Å². The Kier molecular flexibility index (Phi) is 3.06. The summed E-state index contributed by atoms with van der Waals surface area (Å²) >= 11 is 0. The van der Waals surface area contributed by atoms with E-state index in [4.69, 9.17) is 4.74 Å². The summed E-state index contributed by atoms with van der Waals surface area (Å²) in [5.74, 6) is 0. The normalized spacial score (nSPS) is 25.7. The summed E-state index contributed by atoms with van der Waals surface area (Å²) in [6, 6.07) is 6.77. The van der Waals surface area contributed by atoms with Gasteiger partial charge in [-0.1, -0.05) is 19.1 Å². The number of aromatic nitrogens is 2. The summed E-state index contributed by atoms with van der Waals surface area (Å²) in [7, 11) is 0. The van der Waals surface area contributed by atoms with Crippen LogP contribution in [0, 0.1) is 0 Å². The molecule has 18 heavy (non-hydrogen) atoms. The summed E-state index contributed by atoms with van der Waals surface area (Å²) in [6.07, 6.45) is 2.05. The lowest BCUT2D eigenvalue weighted by atomic mass is 10.0. The van der Waals surface area contributed by atoms with Crippen molar-refractivity contribution >= 4 is 10.9 Å². The highest BCUT2D eigenvalue weighted by atomic mass is 16.5. The Bertz CT molecular complexity index is 537. The highest BCUT2D eigenvalue weighted by Crippen LogP contribution is 2.29. The van der Waals surface area contributed by atoms with Crippen LogP contribution in [0.4, 0.5) is 0 Å². The van der Waals surface area contributed by atoms with Gasteiger partial charge < -0.3 is 4.74 Å². The molecule has 1 aliphatic rings. The fourth-order valence-corrected chi connectivity index (χ4v) is 2.71. The average Bonchev–Trinajstić information content (AvgIpc) is 2.87. The molecule has 2 atom stereocenters. The van der Waals surface area contributed by atoms with Gasteiger partial charge in [-0.25, -0.2) is 0 Å². The number of fused-ring (bicyclic) bond motifs is 1. The Hall–Kier alpha value is -1.39. The maximum Gasteiger partial charge on any atom is 0.0959 e. The van der Waals surface area contributed by atoms with Gasteiger partial charge in [-0.15, -0.1) is 0 Å². The first kappa shape index (κ1) is 11.7. The molecule has 1 aromatic heterocycles. The molecule has 1 N–H and O–H groups in total. The van der Waals surface area contributed by atoms with Crippen LogP contribution >= 0.6 is 0 Å². The molecule has 96 valence electrons. The van der Waals surface area contributed by atoms with Crippen LogP contribution in [-0.4, -0.2) is 40.8 Å². The van der Waals surface area contributed by atoms with E-state index in [0.717, 1.165) is 25.2 Å². The molecule has 1 aliphatic heterocycles. The Balaban J connectivity index is 1.93. The number of H-pyrrole nitrogens is 1. The molecule has 0 saturated carbocycles. The summed E-state index contributed by atoms with van der Waals surface area (Å²) in [5, 5.41) is 8.30. The van der Waals surface area contributed by atoms with Crippen molar-refractivity contribution < 1.29 is 4.74 Å². The predicted octanol–water partition coefficient (Wildman–Crippen LogP) is 2.34. The Morgan fingerprint density at radius 1 is 1.50 bits per heavy atom. The SMILES string of the molecule is CCN1C[C@@H](c2cccc3[nH]ncc23)OC[C@@H]1C.